The normalized spacial score (nSPS) is 19.2. The van der Waals surface area contributed by atoms with E-state index in [2.05, 4.69) is 29.0 Å². The molecule has 2 saturated heterocycles. The second kappa shape index (κ2) is 12.4. The first kappa shape index (κ1) is 24.0. The molecule has 0 aliphatic carbocycles. The fourth-order valence-electron chi connectivity index (χ4n) is 3.66. The van der Waals surface area contributed by atoms with Crippen LogP contribution in [-0.2, 0) is 11.2 Å². The maximum atomic E-state index is 12.4. The van der Waals surface area contributed by atoms with Crippen LogP contribution in [0.15, 0.2) is 27.8 Å². The van der Waals surface area contributed by atoms with E-state index in [9.17, 15) is 4.79 Å². The van der Waals surface area contributed by atoms with Crippen molar-refractivity contribution in [2.75, 3.05) is 52.4 Å². The van der Waals surface area contributed by atoms with Crippen LogP contribution >= 0.6 is 24.0 Å². The van der Waals surface area contributed by atoms with Gasteiger partial charge in [0, 0.05) is 58.3 Å². The molecule has 1 amide bonds. The maximum absolute atomic E-state index is 12.4. The van der Waals surface area contributed by atoms with E-state index in [1.54, 1.807) is 6.26 Å². The third-order valence-corrected chi connectivity index (χ3v) is 5.68. The van der Waals surface area contributed by atoms with E-state index < -0.39 is 0 Å². The molecule has 164 valence electrons. The highest BCUT2D eigenvalue weighted by Gasteiger charge is 2.25. The van der Waals surface area contributed by atoms with E-state index >= 15 is 0 Å². The SMILES string of the molecule is CCC(C)NC(=NCCc1ccco1)N1CCN(CC(=O)N2CCCC2)CC1.I. The number of piperazine rings is 1. The van der Waals surface area contributed by atoms with Crippen LogP contribution < -0.4 is 5.32 Å². The minimum Gasteiger partial charge on any atom is -0.469 e. The van der Waals surface area contributed by atoms with Gasteiger partial charge in [-0.05, 0) is 38.3 Å². The quantitative estimate of drug-likeness (QED) is 0.342. The highest BCUT2D eigenvalue weighted by molar-refractivity contribution is 14.0. The predicted molar refractivity (Wildman–Crippen MR) is 127 cm³/mol. The first-order valence-electron chi connectivity index (χ1n) is 10.7. The number of aliphatic imine (C=N–C) groups is 1. The zero-order chi connectivity index (χ0) is 19.8. The second-order valence-corrected chi connectivity index (χ2v) is 7.84. The minimum absolute atomic E-state index is 0. The molecule has 0 spiro atoms. The molecule has 1 N–H and O–H groups in total. The molecule has 0 bridgehead atoms. The topological polar surface area (TPSA) is 64.3 Å². The second-order valence-electron chi connectivity index (χ2n) is 7.84. The van der Waals surface area contributed by atoms with Gasteiger partial charge in [0.1, 0.15) is 5.76 Å². The molecule has 8 heteroatoms. The Morgan fingerprint density at radius 1 is 1.17 bits per heavy atom. The van der Waals surface area contributed by atoms with Gasteiger partial charge in [0.05, 0.1) is 12.8 Å². The van der Waals surface area contributed by atoms with Crippen molar-refractivity contribution in [2.24, 2.45) is 4.99 Å². The maximum Gasteiger partial charge on any atom is 0.236 e. The molecule has 1 aromatic heterocycles. The highest BCUT2D eigenvalue weighted by atomic mass is 127. The van der Waals surface area contributed by atoms with Gasteiger partial charge in [-0.3, -0.25) is 14.7 Å². The number of rotatable bonds is 7. The molecule has 1 aromatic rings. The van der Waals surface area contributed by atoms with Crippen LogP contribution in [0.4, 0.5) is 0 Å². The lowest BCUT2D eigenvalue weighted by Crippen LogP contribution is -2.55. The number of carbonyl (C=O) groups excluding carboxylic acids is 1. The molecule has 0 saturated carbocycles. The van der Waals surface area contributed by atoms with Gasteiger partial charge in [0.25, 0.3) is 0 Å². The van der Waals surface area contributed by atoms with Crippen molar-refractivity contribution in [2.45, 2.75) is 45.6 Å². The number of hydrogen-bond donors (Lipinski definition) is 1. The number of carbonyl (C=O) groups is 1. The molecular weight excluding hydrogens is 481 g/mol. The summed E-state index contributed by atoms with van der Waals surface area (Å²) in [4.78, 5) is 23.8. The van der Waals surface area contributed by atoms with Crippen LogP contribution in [0.3, 0.4) is 0 Å². The van der Waals surface area contributed by atoms with E-state index in [0.717, 1.165) is 76.7 Å². The van der Waals surface area contributed by atoms with Crippen molar-refractivity contribution in [3.63, 3.8) is 0 Å². The monoisotopic (exact) mass is 517 g/mol. The molecular formula is C21H36IN5O2. The third-order valence-electron chi connectivity index (χ3n) is 5.68. The Kier molecular flexibility index (Phi) is 10.3. The highest BCUT2D eigenvalue weighted by Crippen LogP contribution is 2.10. The summed E-state index contributed by atoms with van der Waals surface area (Å²) in [6.45, 7) is 11.1. The van der Waals surface area contributed by atoms with Crippen LogP contribution in [0.2, 0.25) is 0 Å². The molecule has 0 aromatic carbocycles. The van der Waals surface area contributed by atoms with Crippen LogP contribution in [0, 0.1) is 0 Å². The van der Waals surface area contributed by atoms with Gasteiger partial charge in [-0.15, -0.1) is 24.0 Å². The first-order chi connectivity index (χ1) is 13.7. The number of nitrogens with one attached hydrogen (secondary N) is 1. The molecule has 29 heavy (non-hydrogen) atoms. The van der Waals surface area contributed by atoms with E-state index in [4.69, 9.17) is 9.41 Å². The van der Waals surface area contributed by atoms with Gasteiger partial charge in [0.15, 0.2) is 5.96 Å². The third kappa shape index (κ3) is 7.47. The van der Waals surface area contributed by atoms with Gasteiger partial charge in [-0.2, -0.15) is 0 Å². The molecule has 3 rings (SSSR count). The van der Waals surface area contributed by atoms with E-state index in [-0.39, 0.29) is 29.9 Å². The van der Waals surface area contributed by atoms with E-state index in [0.29, 0.717) is 19.1 Å². The Hall–Kier alpha value is -1.29. The van der Waals surface area contributed by atoms with Crippen molar-refractivity contribution in [3.8, 4) is 0 Å². The number of guanidine groups is 1. The van der Waals surface area contributed by atoms with Gasteiger partial charge in [-0.1, -0.05) is 6.92 Å². The van der Waals surface area contributed by atoms with Crippen molar-refractivity contribution < 1.29 is 9.21 Å². The van der Waals surface area contributed by atoms with Crippen LogP contribution in [0.5, 0.6) is 0 Å². The van der Waals surface area contributed by atoms with E-state index in [1.165, 1.54) is 0 Å². The van der Waals surface area contributed by atoms with Gasteiger partial charge < -0.3 is 19.5 Å². The summed E-state index contributed by atoms with van der Waals surface area (Å²) in [5.41, 5.74) is 0. The average Bonchev–Trinajstić information content (AvgIpc) is 3.42. The minimum atomic E-state index is 0. The largest absolute Gasteiger partial charge is 0.469 e. The van der Waals surface area contributed by atoms with Crippen LogP contribution in [0.1, 0.15) is 38.9 Å². The zero-order valence-electron chi connectivity index (χ0n) is 17.8. The summed E-state index contributed by atoms with van der Waals surface area (Å²) in [7, 11) is 0. The lowest BCUT2D eigenvalue weighted by Gasteiger charge is -2.37. The van der Waals surface area contributed by atoms with Crippen molar-refractivity contribution in [1.82, 2.24) is 20.0 Å². The van der Waals surface area contributed by atoms with Crippen molar-refractivity contribution >= 4 is 35.8 Å². The average molecular weight is 517 g/mol. The molecule has 2 aliphatic heterocycles. The summed E-state index contributed by atoms with van der Waals surface area (Å²) < 4.78 is 5.41. The number of halogens is 1. The van der Waals surface area contributed by atoms with Crippen LogP contribution in [-0.4, -0.2) is 85.0 Å². The first-order valence-corrected chi connectivity index (χ1v) is 10.7. The summed E-state index contributed by atoms with van der Waals surface area (Å²) in [6.07, 6.45) is 5.88. The van der Waals surface area contributed by atoms with Gasteiger partial charge >= 0.3 is 0 Å². The van der Waals surface area contributed by atoms with Crippen molar-refractivity contribution in [3.05, 3.63) is 24.2 Å². The molecule has 3 heterocycles. The number of amides is 1. The Balaban J connectivity index is 0.00000300. The Morgan fingerprint density at radius 3 is 2.52 bits per heavy atom. The Labute approximate surface area is 191 Å². The summed E-state index contributed by atoms with van der Waals surface area (Å²) in [5.74, 6) is 2.24. The standard InChI is InChI=1S/C21H35N5O2.HI/c1-3-18(2)23-21(22-9-8-19-7-6-16-28-19)26-14-12-24(13-15-26)17-20(27)25-10-4-5-11-25;/h6-7,16,18H,3-5,8-15,17H2,1-2H3,(H,22,23);1H. The zero-order valence-corrected chi connectivity index (χ0v) is 20.1. The number of likely N-dealkylation sites (tertiary alicyclic amines) is 1. The number of nitrogens with zero attached hydrogens (tertiary/aromatic N) is 4. The van der Waals surface area contributed by atoms with Gasteiger partial charge in [-0.25, -0.2) is 0 Å². The Morgan fingerprint density at radius 2 is 1.90 bits per heavy atom. The smallest absolute Gasteiger partial charge is 0.236 e. The number of hydrogen-bond acceptors (Lipinski definition) is 4. The molecule has 0 radical (unpaired) electrons. The molecule has 2 fully saturated rings. The summed E-state index contributed by atoms with van der Waals surface area (Å²) in [5, 5.41) is 3.57. The molecule has 7 nitrogen and oxygen atoms in total. The molecule has 1 unspecified atom stereocenters. The fraction of sp³-hybridized carbons (Fsp3) is 0.714. The lowest BCUT2D eigenvalue weighted by molar-refractivity contribution is -0.131. The summed E-state index contributed by atoms with van der Waals surface area (Å²) >= 11 is 0. The lowest BCUT2D eigenvalue weighted by atomic mass is 10.2. The number of furan rings is 1. The molecule has 1 atom stereocenters. The van der Waals surface area contributed by atoms with Crippen LogP contribution in [0.25, 0.3) is 0 Å². The van der Waals surface area contributed by atoms with Gasteiger partial charge in [0.2, 0.25) is 5.91 Å². The predicted octanol–water partition coefficient (Wildman–Crippen LogP) is 2.42. The fourth-order valence-corrected chi connectivity index (χ4v) is 3.66. The molecule has 2 aliphatic rings. The van der Waals surface area contributed by atoms with Crippen molar-refractivity contribution in [1.29, 1.82) is 0 Å². The summed E-state index contributed by atoms with van der Waals surface area (Å²) in [6, 6.07) is 4.30. The Bertz CT molecular complexity index is 623. The van der Waals surface area contributed by atoms with E-state index in [1.807, 2.05) is 17.0 Å².